The molecule has 2 N–H and O–H groups in total. The van der Waals surface area contributed by atoms with Crippen molar-refractivity contribution in [2.45, 2.75) is 6.18 Å². The van der Waals surface area contributed by atoms with E-state index in [1.54, 1.807) is 42.6 Å². The van der Waals surface area contributed by atoms with Crippen molar-refractivity contribution in [2.75, 3.05) is 5.32 Å². The number of H-pyrrole nitrogens is 1. The SMILES string of the molecule is O=C1Nc2cccc(-c3cccc(C(F)(F)F)c3)c2C1=Cc1ccc[nH]1. The molecule has 6 heteroatoms. The number of benzene rings is 2. The summed E-state index contributed by atoms with van der Waals surface area (Å²) in [6.45, 7) is 0. The van der Waals surface area contributed by atoms with Crippen LogP contribution in [0, 0.1) is 0 Å². The average molecular weight is 354 g/mol. The number of amides is 1. The summed E-state index contributed by atoms with van der Waals surface area (Å²) in [7, 11) is 0. The molecule has 0 atom stereocenters. The Kier molecular flexibility index (Phi) is 3.68. The molecule has 2 aromatic carbocycles. The first kappa shape index (κ1) is 16.2. The first-order chi connectivity index (χ1) is 12.4. The number of rotatable bonds is 2. The van der Waals surface area contributed by atoms with Crippen molar-refractivity contribution < 1.29 is 18.0 Å². The fourth-order valence-corrected chi connectivity index (χ4v) is 3.08. The van der Waals surface area contributed by atoms with Gasteiger partial charge in [0.25, 0.3) is 5.91 Å². The highest BCUT2D eigenvalue weighted by molar-refractivity contribution is 6.36. The van der Waals surface area contributed by atoms with Crippen LogP contribution in [-0.4, -0.2) is 10.9 Å². The number of carbonyl (C=O) groups is 1. The van der Waals surface area contributed by atoms with Gasteiger partial charge in [-0.25, -0.2) is 0 Å². The quantitative estimate of drug-likeness (QED) is 0.611. The van der Waals surface area contributed by atoms with Gasteiger partial charge in [-0.1, -0.05) is 24.3 Å². The van der Waals surface area contributed by atoms with Gasteiger partial charge in [0.05, 0.1) is 11.1 Å². The van der Waals surface area contributed by atoms with Crippen LogP contribution in [0.4, 0.5) is 18.9 Å². The van der Waals surface area contributed by atoms with Gasteiger partial charge in [-0.2, -0.15) is 13.2 Å². The Balaban J connectivity index is 1.89. The van der Waals surface area contributed by atoms with E-state index in [9.17, 15) is 18.0 Å². The highest BCUT2D eigenvalue weighted by Crippen LogP contribution is 2.41. The Hall–Kier alpha value is -3.28. The number of fused-ring (bicyclic) bond motifs is 1. The van der Waals surface area contributed by atoms with Crippen LogP contribution in [-0.2, 0) is 11.0 Å². The molecule has 4 rings (SSSR count). The molecule has 1 amide bonds. The number of aromatic nitrogens is 1. The van der Waals surface area contributed by atoms with Crippen LogP contribution in [0.1, 0.15) is 16.8 Å². The lowest BCUT2D eigenvalue weighted by atomic mass is 9.93. The second-order valence-electron chi connectivity index (χ2n) is 5.94. The van der Waals surface area contributed by atoms with Crippen molar-refractivity contribution in [1.82, 2.24) is 4.98 Å². The third-order valence-electron chi connectivity index (χ3n) is 4.25. The van der Waals surface area contributed by atoms with Crippen molar-refractivity contribution in [3.8, 4) is 11.1 Å². The van der Waals surface area contributed by atoms with Gasteiger partial charge in [0.2, 0.25) is 0 Å². The Morgan fingerprint density at radius 1 is 0.962 bits per heavy atom. The molecule has 1 aromatic heterocycles. The predicted molar refractivity (Wildman–Crippen MR) is 94.2 cm³/mol. The van der Waals surface area contributed by atoms with E-state index >= 15 is 0 Å². The van der Waals surface area contributed by atoms with Gasteiger partial charge >= 0.3 is 6.18 Å². The molecule has 0 saturated heterocycles. The third-order valence-corrected chi connectivity index (χ3v) is 4.25. The van der Waals surface area contributed by atoms with Crippen LogP contribution in [0.5, 0.6) is 0 Å². The second kappa shape index (κ2) is 5.91. The number of carbonyl (C=O) groups excluding carboxylic acids is 1. The summed E-state index contributed by atoms with van der Waals surface area (Å²) in [4.78, 5) is 15.4. The van der Waals surface area contributed by atoms with E-state index in [4.69, 9.17) is 0 Å². The van der Waals surface area contributed by atoms with Gasteiger partial charge < -0.3 is 10.3 Å². The zero-order valence-corrected chi connectivity index (χ0v) is 13.4. The standard InChI is InChI=1S/C20H13F3N2O/c21-20(22,23)13-5-1-4-12(10-13)15-7-2-8-17-18(15)16(19(26)25-17)11-14-6-3-9-24-14/h1-11,24H,(H,25,26). The number of hydrogen-bond donors (Lipinski definition) is 2. The molecule has 26 heavy (non-hydrogen) atoms. The van der Waals surface area contributed by atoms with Gasteiger partial charge in [0, 0.05) is 23.1 Å². The summed E-state index contributed by atoms with van der Waals surface area (Å²) in [6.07, 6.45) is -0.998. The first-order valence-corrected chi connectivity index (χ1v) is 7.91. The Bertz CT molecular complexity index is 1020. The molecule has 0 unspecified atom stereocenters. The minimum atomic E-state index is -4.43. The van der Waals surface area contributed by atoms with Gasteiger partial charge in [0.1, 0.15) is 0 Å². The smallest absolute Gasteiger partial charge is 0.362 e. The van der Waals surface area contributed by atoms with Crippen LogP contribution >= 0.6 is 0 Å². The van der Waals surface area contributed by atoms with E-state index in [1.807, 2.05) is 6.07 Å². The molecule has 0 spiro atoms. The van der Waals surface area contributed by atoms with Crippen molar-refractivity contribution in [1.29, 1.82) is 0 Å². The van der Waals surface area contributed by atoms with E-state index in [0.29, 0.717) is 28.0 Å². The highest BCUT2D eigenvalue weighted by Gasteiger charge is 2.32. The van der Waals surface area contributed by atoms with Crippen LogP contribution in [0.25, 0.3) is 22.8 Å². The zero-order valence-electron chi connectivity index (χ0n) is 13.4. The summed E-state index contributed by atoms with van der Waals surface area (Å²) in [5.74, 6) is -0.283. The van der Waals surface area contributed by atoms with Crippen molar-refractivity contribution in [2.24, 2.45) is 0 Å². The minimum absolute atomic E-state index is 0.283. The van der Waals surface area contributed by atoms with Crippen molar-refractivity contribution in [3.63, 3.8) is 0 Å². The summed E-state index contributed by atoms with van der Waals surface area (Å²) in [5, 5.41) is 2.77. The molecule has 0 bridgehead atoms. The van der Waals surface area contributed by atoms with Gasteiger partial charge in [-0.15, -0.1) is 0 Å². The van der Waals surface area contributed by atoms with E-state index in [0.717, 1.165) is 17.8 Å². The highest BCUT2D eigenvalue weighted by atomic mass is 19.4. The maximum absolute atomic E-state index is 13.1. The molecule has 2 heterocycles. The van der Waals surface area contributed by atoms with Crippen LogP contribution in [0.15, 0.2) is 60.8 Å². The topological polar surface area (TPSA) is 44.9 Å². The van der Waals surface area contributed by atoms with Gasteiger partial charge in [-0.3, -0.25) is 4.79 Å². The number of aromatic amines is 1. The number of hydrogen-bond acceptors (Lipinski definition) is 1. The van der Waals surface area contributed by atoms with Crippen LogP contribution in [0.2, 0.25) is 0 Å². The lowest BCUT2D eigenvalue weighted by molar-refractivity contribution is -0.137. The maximum Gasteiger partial charge on any atom is 0.416 e. The van der Waals surface area contributed by atoms with Crippen molar-refractivity contribution in [3.05, 3.63) is 77.6 Å². The first-order valence-electron chi connectivity index (χ1n) is 7.91. The van der Waals surface area contributed by atoms with E-state index < -0.39 is 11.7 Å². The van der Waals surface area contributed by atoms with Gasteiger partial charge in [-0.05, 0) is 47.5 Å². The molecular formula is C20H13F3N2O. The molecule has 3 nitrogen and oxygen atoms in total. The number of nitrogens with one attached hydrogen (secondary N) is 2. The molecule has 0 radical (unpaired) electrons. The summed E-state index contributed by atoms with van der Waals surface area (Å²) in [6, 6.07) is 13.9. The number of alkyl halides is 3. The normalized spacial score (nSPS) is 15.2. The monoisotopic (exact) mass is 354 g/mol. The summed E-state index contributed by atoms with van der Waals surface area (Å²) in [5.41, 5.74) is 2.60. The predicted octanol–water partition coefficient (Wildman–Crippen LogP) is 5.19. The van der Waals surface area contributed by atoms with Crippen LogP contribution in [0.3, 0.4) is 0 Å². The molecule has 0 fully saturated rings. The molecule has 3 aromatic rings. The Morgan fingerprint density at radius 2 is 1.77 bits per heavy atom. The number of anilines is 1. The Morgan fingerprint density at radius 3 is 2.50 bits per heavy atom. The minimum Gasteiger partial charge on any atom is -0.362 e. The summed E-state index contributed by atoms with van der Waals surface area (Å²) >= 11 is 0. The van der Waals surface area contributed by atoms with Crippen molar-refractivity contribution >= 4 is 23.2 Å². The van der Waals surface area contributed by atoms with E-state index in [2.05, 4.69) is 10.3 Å². The van der Waals surface area contributed by atoms with Crippen LogP contribution < -0.4 is 5.32 Å². The lowest BCUT2D eigenvalue weighted by Gasteiger charge is -2.12. The average Bonchev–Trinajstić information content (AvgIpc) is 3.23. The molecule has 1 aliphatic rings. The zero-order chi connectivity index (χ0) is 18.3. The molecular weight excluding hydrogens is 341 g/mol. The second-order valence-corrected chi connectivity index (χ2v) is 5.94. The fraction of sp³-hybridized carbons (Fsp3) is 0.0500. The lowest BCUT2D eigenvalue weighted by Crippen LogP contribution is -2.04. The Labute approximate surface area is 147 Å². The largest absolute Gasteiger partial charge is 0.416 e. The fourth-order valence-electron chi connectivity index (χ4n) is 3.08. The number of halogens is 3. The third kappa shape index (κ3) is 2.79. The summed E-state index contributed by atoms with van der Waals surface area (Å²) < 4.78 is 39.2. The molecule has 0 saturated carbocycles. The van der Waals surface area contributed by atoms with E-state index in [1.165, 1.54) is 6.07 Å². The van der Waals surface area contributed by atoms with E-state index in [-0.39, 0.29) is 5.91 Å². The maximum atomic E-state index is 13.1. The molecule has 130 valence electrons. The van der Waals surface area contributed by atoms with Gasteiger partial charge in [0.15, 0.2) is 0 Å². The molecule has 0 aliphatic carbocycles. The molecule has 1 aliphatic heterocycles.